The van der Waals surface area contributed by atoms with Crippen LogP contribution in [0.5, 0.6) is 11.5 Å². The Morgan fingerprint density at radius 3 is 2.87 bits per heavy atom. The van der Waals surface area contributed by atoms with Crippen molar-refractivity contribution in [2.45, 2.75) is 19.6 Å². The second-order valence-electron chi connectivity index (χ2n) is 6.90. The monoisotopic (exact) mass is 421 g/mol. The Kier molecular flexibility index (Phi) is 4.72. The van der Waals surface area contributed by atoms with E-state index in [-0.39, 0.29) is 12.0 Å². The van der Waals surface area contributed by atoms with Crippen LogP contribution in [0.4, 0.5) is 5.69 Å². The van der Waals surface area contributed by atoms with Crippen molar-refractivity contribution in [2.75, 3.05) is 11.9 Å². The Hall–Kier alpha value is -3.59. The van der Waals surface area contributed by atoms with Gasteiger partial charge in [0, 0.05) is 18.6 Å². The fourth-order valence-corrected chi connectivity index (χ4v) is 4.17. The van der Waals surface area contributed by atoms with Crippen LogP contribution >= 0.6 is 11.3 Å². The Morgan fingerprint density at radius 1 is 1.23 bits per heavy atom. The van der Waals surface area contributed by atoms with Gasteiger partial charge >= 0.3 is 0 Å². The number of carbonyl (C=O) groups is 1. The lowest BCUT2D eigenvalue weighted by Crippen LogP contribution is -2.33. The number of carbonyl (C=O) groups excluding carboxylic acids is 1. The lowest BCUT2D eigenvalue weighted by molar-refractivity contribution is 0.0759. The average Bonchev–Trinajstić information content (AvgIpc) is 3.49. The number of nitrogens with zero attached hydrogens (tertiary/aromatic N) is 4. The van der Waals surface area contributed by atoms with Crippen molar-refractivity contribution in [3.8, 4) is 16.6 Å². The number of aromatic nitrogens is 4. The van der Waals surface area contributed by atoms with Gasteiger partial charge < -0.3 is 19.4 Å². The van der Waals surface area contributed by atoms with Crippen molar-refractivity contribution in [3.05, 3.63) is 71.8 Å². The molecule has 3 aromatic heterocycles. The zero-order valence-corrected chi connectivity index (χ0v) is 17.0. The van der Waals surface area contributed by atoms with E-state index in [9.17, 15) is 4.79 Å². The van der Waals surface area contributed by atoms with Gasteiger partial charge in [-0.3, -0.25) is 9.48 Å². The minimum absolute atomic E-state index is 0.156. The lowest BCUT2D eigenvalue weighted by Gasteiger charge is -2.26. The number of anilines is 1. The van der Waals surface area contributed by atoms with Crippen molar-refractivity contribution in [2.24, 2.45) is 0 Å². The number of fused-ring (bicyclic) bond motifs is 1. The number of amides is 1. The molecule has 0 saturated carbocycles. The van der Waals surface area contributed by atoms with Crippen LogP contribution in [0.1, 0.15) is 15.4 Å². The van der Waals surface area contributed by atoms with Gasteiger partial charge in [0.15, 0.2) is 22.7 Å². The van der Waals surface area contributed by atoms with E-state index in [0.717, 1.165) is 16.6 Å². The van der Waals surface area contributed by atoms with E-state index in [1.54, 1.807) is 17.1 Å². The minimum Gasteiger partial charge on any atom is -0.486 e. The van der Waals surface area contributed by atoms with Crippen molar-refractivity contribution in [3.63, 3.8) is 0 Å². The molecule has 0 aliphatic carbocycles. The largest absolute Gasteiger partial charge is 0.486 e. The van der Waals surface area contributed by atoms with Gasteiger partial charge in [-0.2, -0.15) is 5.10 Å². The SMILES string of the molecule is Cc1nc(-n2cccc2)sc1C(=O)Nc1cnn(C[C@H]2COc3ccccc3O2)c1. The number of nitrogens with one attached hydrogen (secondary N) is 1. The molecule has 152 valence electrons. The maximum atomic E-state index is 12.7. The molecule has 5 rings (SSSR count). The van der Waals surface area contributed by atoms with Gasteiger partial charge in [-0.1, -0.05) is 23.5 Å². The molecular formula is C21H19N5O3S. The van der Waals surface area contributed by atoms with Crippen LogP contribution in [-0.2, 0) is 6.54 Å². The van der Waals surface area contributed by atoms with Gasteiger partial charge in [0.1, 0.15) is 11.5 Å². The Morgan fingerprint density at radius 2 is 2.03 bits per heavy atom. The summed E-state index contributed by atoms with van der Waals surface area (Å²) in [4.78, 5) is 17.8. The summed E-state index contributed by atoms with van der Waals surface area (Å²) in [5.74, 6) is 1.28. The number of benzene rings is 1. The maximum Gasteiger partial charge on any atom is 0.267 e. The zero-order valence-electron chi connectivity index (χ0n) is 16.2. The molecule has 8 nitrogen and oxygen atoms in total. The smallest absolute Gasteiger partial charge is 0.267 e. The normalized spacial score (nSPS) is 15.2. The number of hydrogen-bond acceptors (Lipinski definition) is 6. The van der Waals surface area contributed by atoms with Gasteiger partial charge in [-0.15, -0.1) is 0 Å². The molecule has 0 fully saturated rings. The van der Waals surface area contributed by atoms with Crippen molar-refractivity contribution >= 4 is 22.9 Å². The lowest BCUT2D eigenvalue weighted by atomic mass is 10.2. The molecule has 0 bridgehead atoms. The highest BCUT2D eigenvalue weighted by Gasteiger charge is 2.22. The van der Waals surface area contributed by atoms with E-state index in [1.165, 1.54) is 11.3 Å². The molecule has 4 aromatic rings. The van der Waals surface area contributed by atoms with Gasteiger partial charge in [-0.05, 0) is 31.2 Å². The van der Waals surface area contributed by atoms with E-state index in [1.807, 2.05) is 60.3 Å². The molecule has 0 spiro atoms. The zero-order chi connectivity index (χ0) is 20.5. The van der Waals surface area contributed by atoms with Crippen LogP contribution in [0, 0.1) is 6.92 Å². The second kappa shape index (κ2) is 7.68. The molecule has 0 saturated heterocycles. The molecule has 1 atom stereocenters. The van der Waals surface area contributed by atoms with E-state index in [0.29, 0.717) is 29.4 Å². The first kappa shape index (κ1) is 18.4. The highest BCUT2D eigenvalue weighted by molar-refractivity contribution is 7.16. The molecule has 0 radical (unpaired) electrons. The number of aryl methyl sites for hydroxylation is 1. The van der Waals surface area contributed by atoms with E-state index in [2.05, 4.69) is 15.4 Å². The van der Waals surface area contributed by atoms with Gasteiger partial charge in [0.2, 0.25) is 0 Å². The highest BCUT2D eigenvalue weighted by Crippen LogP contribution is 2.31. The summed E-state index contributed by atoms with van der Waals surface area (Å²) in [5, 5.41) is 7.99. The minimum atomic E-state index is -0.200. The molecule has 1 aliphatic rings. The number of hydrogen-bond donors (Lipinski definition) is 1. The summed E-state index contributed by atoms with van der Waals surface area (Å²) < 4.78 is 15.3. The highest BCUT2D eigenvalue weighted by atomic mass is 32.1. The first-order valence-electron chi connectivity index (χ1n) is 9.49. The summed E-state index contributed by atoms with van der Waals surface area (Å²) in [6.45, 7) is 2.79. The van der Waals surface area contributed by atoms with Crippen LogP contribution in [0.15, 0.2) is 61.2 Å². The Bertz CT molecular complexity index is 1180. The fourth-order valence-electron chi connectivity index (χ4n) is 3.24. The summed E-state index contributed by atoms with van der Waals surface area (Å²) in [6.07, 6.45) is 7.05. The maximum absolute atomic E-state index is 12.7. The molecule has 1 amide bonds. The second-order valence-corrected chi connectivity index (χ2v) is 7.88. The Balaban J connectivity index is 1.24. The number of rotatable bonds is 5. The summed E-state index contributed by atoms with van der Waals surface area (Å²) in [7, 11) is 0. The van der Waals surface area contributed by atoms with E-state index >= 15 is 0 Å². The predicted molar refractivity (Wildman–Crippen MR) is 113 cm³/mol. The van der Waals surface area contributed by atoms with Gasteiger partial charge in [-0.25, -0.2) is 4.98 Å². The molecule has 4 heterocycles. The van der Waals surface area contributed by atoms with E-state index < -0.39 is 0 Å². The van der Waals surface area contributed by atoms with Crippen LogP contribution in [-0.4, -0.2) is 37.9 Å². The molecule has 30 heavy (non-hydrogen) atoms. The average molecular weight is 421 g/mol. The number of para-hydroxylation sites is 2. The summed E-state index contributed by atoms with van der Waals surface area (Å²) in [6, 6.07) is 11.4. The van der Waals surface area contributed by atoms with Crippen LogP contribution in [0.3, 0.4) is 0 Å². The van der Waals surface area contributed by atoms with Crippen molar-refractivity contribution in [1.29, 1.82) is 0 Å². The Labute approximate surface area is 176 Å². The van der Waals surface area contributed by atoms with Gasteiger partial charge in [0.05, 0.1) is 24.1 Å². The van der Waals surface area contributed by atoms with Gasteiger partial charge in [0.25, 0.3) is 5.91 Å². The standard InChI is InChI=1S/C21H19N5O3S/c1-14-19(30-21(23-14)25-8-4-5-9-25)20(27)24-15-10-22-26(11-15)12-16-13-28-17-6-2-3-7-18(17)29-16/h2-11,16H,12-13H2,1H3,(H,24,27)/t16-/m0/s1. The third-order valence-electron chi connectivity index (χ3n) is 4.67. The van der Waals surface area contributed by atoms with Crippen molar-refractivity contribution < 1.29 is 14.3 Å². The van der Waals surface area contributed by atoms with E-state index in [4.69, 9.17) is 9.47 Å². The predicted octanol–water partition coefficient (Wildman–Crippen LogP) is 3.53. The first-order chi connectivity index (χ1) is 14.7. The van der Waals surface area contributed by atoms with Crippen LogP contribution < -0.4 is 14.8 Å². The summed E-state index contributed by atoms with van der Waals surface area (Å²) >= 11 is 1.35. The number of ether oxygens (including phenoxy) is 2. The van der Waals surface area contributed by atoms with Crippen LogP contribution in [0.2, 0.25) is 0 Å². The molecule has 1 aromatic carbocycles. The molecule has 1 aliphatic heterocycles. The molecule has 0 unspecified atom stereocenters. The third-order valence-corrected chi connectivity index (χ3v) is 5.84. The molecule has 1 N–H and O–H groups in total. The van der Waals surface area contributed by atoms with Crippen LogP contribution in [0.25, 0.3) is 5.13 Å². The topological polar surface area (TPSA) is 83.2 Å². The first-order valence-corrected chi connectivity index (χ1v) is 10.3. The third kappa shape index (κ3) is 3.67. The van der Waals surface area contributed by atoms with Crippen molar-refractivity contribution in [1.82, 2.24) is 19.3 Å². The fraction of sp³-hybridized carbons (Fsp3) is 0.190. The quantitative estimate of drug-likeness (QED) is 0.533. The summed E-state index contributed by atoms with van der Waals surface area (Å²) in [5.41, 5.74) is 1.31. The number of thiazole rings is 1. The molecular weight excluding hydrogens is 402 g/mol. The molecule has 9 heteroatoms.